The Morgan fingerprint density at radius 3 is 2.44 bits per heavy atom. The average Bonchev–Trinajstić information content (AvgIpc) is 2.17. The number of methoxy groups -OCH3 is 1. The molecule has 0 aliphatic heterocycles. The van der Waals surface area contributed by atoms with Crippen molar-refractivity contribution in [2.24, 2.45) is 5.73 Å². The molecule has 1 aromatic carbocycles. The minimum atomic E-state index is -0.841. The van der Waals surface area contributed by atoms with Crippen LogP contribution >= 0.6 is 0 Å². The average molecular weight is 230 g/mol. The number of amides is 1. The maximum absolute atomic E-state index is 12.8. The van der Waals surface area contributed by atoms with Crippen LogP contribution in [0.5, 0.6) is 0 Å². The fourth-order valence-corrected chi connectivity index (χ4v) is 1.16. The second-order valence-corrected chi connectivity index (χ2v) is 3.11. The summed E-state index contributed by atoms with van der Waals surface area (Å²) in [5.74, 6) is -2.08. The molecular weight excluding hydrogens is 218 g/mol. The lowest BCUT2D eigenvalue weighted by molar-refractivity contribution is -0.125. The molecule has 0 saturated carbocycles. The van der Waals surface area contributed by atoms with Gasteiger partial charge in [-0.1, -0.05) is 0 Å². The number of halogens is 2. The molecular formula is C10H12F2N2O2. The monoisotopic (exact) mass is 230 g/mol. The van der Waals surface area contributed by atoms with Gasteiger partial charge in [-0.2, -0.15) is 0 Å². The van der Waals surface area contributed by atoms with E-state index < -0.39 is 23.6 Å². The van der Waals surface area contributed by atoms with Crippen LogP contribution in [0.25, 0.3) is 0 Å². The molecule has 0 radical (unpaired) electrons. The number of ether oxygens (including phenoxy) is 1. The number of benzene rings is 1. The summed E-state index contributed by atoms with van der Waals surface area (Å²) in [6.45, 7) is -0.0138. The van der Waals surface area contributed by atoms with Crippen LogP contribution in [0.4, 0.5) is 14.5 Å². The van der Waals surface area contributed by atoms with E-state index in [0.29, 0.717) is 6.07 Å². The number of hydrogen-bond acceptors (Lipinski definition) is 3. The Kier molecular flexibility index (Phi) is 4.33. The number of nitrogens with two attached hydrogens (primary N) is 1. The summed E-state index contributed by atoms with van der Waals surface area (Å²) in [7, 11) is 1.32. The number of anilines is 1. The highest BCUT2D eigenvalue weighted by atomic mass is 19.1. The molecule has 0 bridgehead atoms. The summed E-state index contributed by atoms with van der Waals surface area (Å²) < 4.78 is 30.4. The predicted octanol–water partition coefficient (Wildman–Crippen LogP) is 0.877. The van der Waals surface area contributed by atoms with Crippen molar-refractivity contribution >= 4 is 11.6 Å². The molecule has 3 N–H and O–H groups in total. The van der Waals surface area contributed by atoms with Crippen LogP contribution in [0.1, 0.15) is 0 Å². The molecule has 0 spiro atoms. The van der Waals surface area contributed by atoms with Crippen LogP contribution < -0.4 is 11.1 Å². The lowest BCUT2D eigenvalue weighted by atomic mass is 10.2. The van der Waals surface area contributed by atoms with Gasteiger partial charge in [-0.05, 0) is 12.1 Å². The molecule has 1 rings (SSSR count). The largest absolute Gasteiger partial charge is 0.370 e. The molecule has 1 aromatic rings. The minimum absolute atomic E-state index is 0.0138. The van der Waals surface area contributed by atoms with Crippen molar-refractivity contribution < 1.29 is 18.3 Å². The Morgan fingerprint density at radius 2 is 2.00 bits per heavy atom. The normalized spacial score (nSPS) is 12.2. The zero-order valence-corrected chi connectivity index (χ0v) is 8.67. The van der Waals surface area contributed by atoms with Crippen LogP contribution in [0.3, 0.4) is 0 Å². The zero-order chi connectivity index (χ0) is 12.1. The van der Waals surface area contributed by atoms with Crippen molar-refractivity contribution in [3.63, 3.8) is 0 Å². The van der Waals surface area contributed by atoms with Gasteiger partial charge in [0.05, 0.1) is 0 Å². The molecule has 1 amide bonds. The quantitative estimate of drug-likeness (QED) is 0.806. The molecule has 4 nitrogen and oxygen atoms in total. The van der Waals surface area contributed by atoms with E-state index in [1.54, 1.807) is 0 Å². The molecule has 0 aliphatic rings. The molecule has 1 atom stereocenters. The molecule has 0 saturated heterocycles. The number of rotatable bonds is 4. The van der Waals surface area contributed by atoms with Gasteiger partial charge < -0.3 is 15.8 Å². The lowest BCUT2D eigenvalue weighted by Gasteiger charge is -2.13. The number of carbonyl (C=O) groups is 1. The Morgan fingerprint density at radius 1 is 1.44 bits per heavy atom. The third kappa shape index (κ3) is 3.25. The summed E-state index contributed by atoms with van der Waals surface area (Å²) in [6.07, 6.45) is -0.841. The molecule has 88 valence electrons. The van der Waals surface area contributed by atoms with E-state index in [9.17, 15) is 13.6 Å². The molecule has 1 unspecified atom stereocenters. The maximum Gasteiger partial charge on any atom is 0.254 e. The smallest absolute Gasteiger partial charge is 0.254 e. The molecule has 16 heavy (non-hydrogen) atoms. The van der Waals surface area contributed by atoms with Crippen LogP contribution in [-0.4, -0.2) is 25.7 Å². The highest BCUT2D eigenvalue weighted by Gasteiger charge is 2.16. The summed E-state index contributed by atoms with van der Waals surface area (Å²) >= 11 is 0. The first-order valence-electron chi connectivity index (χ1n) is 4.56. The van der Waals surface area contributed by atoms with E-state index in [-0.39, 0.29) is 12.2 Å². The van der Waals surface area contributed by atoms with Gasteiger partial charge in [-0.25, -0.2) is 8.78 Å². The van der Waals surface area contributed by atoms with E-state index in [1.807, 2.05) is 0 Å². The highest BCUT2D eigenvalue weighted by molar-refractivity contribution is 5.94. The first kappa shape index (κ1) is 12.5. The van der Waals surface area contributed by atoms with Gasteiger partial charge in [0.15, 0.2) is 0 Å². The Hall–Kier alpha value is -1.53. The van der Waals surface area contributed by atoms with Gasteiger partial charge in [0.1, 0.15) is 17.7 Å². The Labute approximate surface area is 91.4 Å². The van der Waals surface area contributed by atoms with Crippen LogP contribution in [0.2, 0.25) is 0 Å². The first-order chi connectivity index (χ1) is 7.56. The van der Waals surface area contributed by atoms with Crippen molar-refractivity contribution in [1.29, 1.82) is 0 Å². The number of carbonyl (C=O) groups excluding carboxylic acids is 1. The Bertz CT molecular complexity index is 361. The fourth-order valence-electron chi connectivity index (χ4n) is 1.16. The summed E-state index contributed by atoms with van der Waals surface area (Å²) in [4.78, 5) is 11.4. The van der Waals surface area contributed by atoms with Gasteiger partial charge in [0.25, 0.3) is 5.91 Å². The number of hydrogen-bond donors (Lipinski definition) is 2. The topological polar surface area (TPSA) is 64.3 Å². The van der Waals surface area contributed by atoms with Crippen molar-refractivity contribution in [3.8, 4) is 0 Å². The van der Waals surface area contributed by atoms with Gasteiger partial charge >= 0.3 is 0 Å². The van der Waals surface area contributed by atoms with Crippen LogP contribution in [0, 0.1) is 11.6 Å². The van der Waals surface area contributed by atoms with E-state index in [4.69, 9.17) is 10.5 Å². The van der Waals surface area contributed by atoms with Crippen LogP contribution in [-0.2, 0) is 9.53 Å². The van der Waals surface area contributed by atoms with E-state index >= 15 is 0 Å². The van der Waals surface area contributed by atoms with E-state index in [1.165, 1.54) is 7.11 Å². The first-order valence-corrected chi connectivity index (χ1v) is 4.56. The Balaban J connectivity index is 2.76. The fraction of sp³-hybridized carbons (Fsp3) is 0.300. The van der Waals surface area contributed by atoms with E-state index in [2.05, 4.69) is 5.32 Å². The van der Waals surface area contributed by atoms with Crippen molar-refractivity contribution in [3.05, 3.63) is 29.8 Å². The third-order valence-electron chi connectivity index (χ3n) is 1.92. The van der Waals surface area contributed by atoms with Gasteiger partial charge in [0, 0.05) is 25.4 Å². The molecule has 0 fully saturated rings. The third-order valence-corrected chi connectivity index (χ3v) is 1.92. The highest BCUT2D eigenvalue weighted by Crippen LogP contribution is 2.13. The molecule has 0 heterocycles. The van der Waals surface area contributed by atoms with Crippen molar-refractivity contribution in [1.82, 2.24) is 0 Å². The van der Waals surface area contributed by atoms with Gasteiger partial charge in [-0.3, -0.25) is 4.79 Å². The lowest BCUT2D eigenvalue weighted by Crippen LogP contribution is -2.35. The molecule has 0 aliphatic carbocycles. The second-order valence-electron chi connectivity index (χ2n) is 3.11. The predicted molar refractivity (Wildman–Crippen MR) is 54.8 cm³/mol. The van der Waals surface area contributed by atoms with Gasteiger partial charge in [-0.15, -0.1) is 0 Å². The van der Waals surface area contributed by atoms with Crippen molar-refractivity contribution in [2.75, 3.05) is 19.0 Å². The second kappa shape index (κ2) is 5.53. The summed E-state index contributed by atoms with van der Waals surface area (Å²) in [6, 6.07) is 2.72. The van der Waals surface area contributed by atoms with Gasteiger partial charge in [0.2, 0.25) is 0 Å². The standard InChI is InChI=1S/C10H12F2N2O2/c1-16-9(5-13)10(15)14-8-3-6(11)2-7(12)4-8/h2-4,9H,5,13H2,1H3,(H,14,15). The zero-order valence-electron chi connectivity index (χ0n) is 8.67. The molecule has 6 heteroatoms. The summed E-state index contributed by atoms with van der Waals surface area (Å²) in [5, 5.41) is 2.30. The SMILES string of the molecule is COC(CN)C(=O)Nc1cc(F)cc(F)c1. The van der Waals surface area contributed by atoms with E-state index in [0.717, 1.165) is 12.1 Å². The maximum atomic E-state index is 12.8. The summed E-state index contributed by atoms with van der Waals surface area (Å²) in [5.41, 5.74) is 5.29. The van der Waals surface area contributed by atoms with Crippen molar-refractivity contribution in [2.45, 2.75) is 6.10 Å². The van der Waals surface area contributed by atoms with Crippen LogP contribution in [0.15, 0.2) is 18.2 Å². The number of nitrogens with one attached hydrogen (secondary N) is 1. The minimum Gasteiger partial charge on any atom is -0.370 e. The molecule has 0 aromatic heterocycles.